The Kier molecular flexibility index (Phi) is 4.25. The highest BCUT2D eigenvalue weighted by atomic mass is 16.1. The van der Waals surface area contributed by atoms with Gasteiger partial charge in [0.05, 0.1) is 0 Å². The number of nitrogens with zero attached hydrogens (tertiary/aromatic N) is 3. The Morgan fingerprint density at radius 2 is 2.38 bits per heavy atom. The molecule has 2 aromatic rings. The SMILES string of the molecule is O=c1[nH]ccnc1N1CCC[C@H](NCc2cccnc2)C1. The average molecular weight is 285 g/mol. The monoisotopic (exact) mass is 285 g/mol. The van der Waals surface area contributed by atoms with Crippen molar-refractivity contribution in [3.05, 3.63) is 52.8 Å². The van der Waals surface area contributed by atoms with Crippen LogP contribution in [0.25, 0.3) is 0 Å². The van der Waals surface area contributed by atoms with Crippen molar-refractivity contribution in [2.24, 2.45) is 0 Å². The average Bonchev–Trinajstić information content (AvgIpc) is 2.55. The third-order valence-electron chi connectivity index (χ3n) is 3.73. The van der Waals surface area contributed by atoms with E-state index in [1.54, 1.807) is 18.6 Å². The van der Waals surface area contributed by atoms with Crippen LogP contribution in [0.2, 0.25) is 0 Å². The number of rotatable bonds is 4. The van der Waals surface area contributed by atoms with Gasteiger partial charge < -0.3 is 15.2 Å². The Morgan fingerprint density at radius 3 is 3.19 bits per heavy atom. The summed E-state index contributed by atoms with van der Waals surface area (Å²) in [7, 11) is 0. The molecule has 0 unspecified atom stereocenters. The number of nitrogens with one attached hydrogen (secondary N) is 2. The Labute approximate surface area is 123 Å². The Morgan fingerprint density at radius 1 is 1.43 bits per heavy atom. The molecule has 3 heterocycles. The maximum absolute atomic E-state index is 11.8. The number of H-pyrrole nitrogens is 1. The maximum Gasteiger partial charge on any atom is 0.290 e. The number of anilines is 1. The highest BCUT2D eigenvalue weighted by Gasteiger charge is 2.22. The second kappa shape index (κ2) is 6.49. The third kappa shape index (κ3) is 3.46. The van der Waals surface area contributed by atoms with Crippen LogP contribution in [0.4, 0.5) is 5.82 Å². The summed E-state index contributed by atoms with van der Waals surface area (Å²) in [6, 6.07) is 4.36. The van der Waals surface area contributed by atoms with E-state index in [1.807, 2.05) is 12.3 Å². The molecule has 3 rings (SSSR count). The summed E-state index contributed by atoms with van der Waals surface area (Å²) in [6.45, 7) is 2.48. The fourth-order valence-corrected chi connectivity index (χ4v) is 2.67. The molecule has 2 N–H and O–H groups in total. The summed E-state index contributed by atoms with van der Waals surface area (Å²) in [4.78, 5) is 24.9. The summed E-state index contributed by atoms with van der Waals surface area (Å²) in [5, 5.41) is 3.54. The molecule has 1 fully saturated rings. The minimum absolute atomic E-state index is 0.120. The number of aromatic amines is 1. The first-order chi connectivity index (χ1) is 10.3. The molecule has 0 radical (unpaired) electrons. The molecular weight excluding hydrogens is 266 g/mol. The van der Waals surface area contributed by atoms with Gasteiger partial charge in [-0.05, 0) is 24.5 Å². The minimum Gasteiger partial charge on any atom is -0.350 e. The third-order valence-corrected chi connectivity index (χ3v) is 3.73. The summed E-state index contributed by atoms with van der Waals surface area (Å²) in [5.74, 6) is 0.519. The fraction of sp³-hybridized carbons (Fsp3) is 0.400. The summed E-state index contributed by atoms with van der Waals surface area (Å²) in [5.41, 5.74) is 1.05. The molecule has 6 heteroatoms. The van der Waals surface area contributed by atoms with E-state index in [9.17, 15) is 4.79 Å². The fourth-order valence-electron chi connectivity index (χ4n) is 2.67. The lowest BCUT2D eigenvalue weighted by Crippen LogP contribution is -2.47. The maximum atomic E-state index is 11.8. The largest absolute Gasteiger partial charge is 0.350 e. The highest BCUT2D eigenvalue weighted by molar-refractivity contribution is 5.36. The van der Waals surface area contributed by atoms with Gasteiger partial charge in [0.15, 0.2) is 5.82 Å². The lowest BCUT2D eigenvalue weighted by Gasteiger charge is -2.33. The van der Waals surface area contributed by atoms with Crippen molar-refractivity contribution < 1.29 is 0 Å². The van der Waals surface area contributed by atoms with Gasteiger partial charge in [0.1, 0.15) is 0 Å². The van der Waals surface area contributed by atoms with Gasteiger partial charge >= 0.3 is 0 Å². The smallest absolute Gasteiger partial charge is 0.290 e. The van der Waals surface area contributed by atoms with Gasteiger partial charge in [-0.1, -0.05) is 6.07 Å². The number of hydrogen-bond acceptors (Lipinski definition) is 5. The van der Waals surface area contributed by atoms with Crippen molar-refractivity contribution in [3.63, 3.8) is 0 Å². The summed E-state index contributed by atoms with van der Waals surface area (Å²) >= 11 is 0. The predicted octanol–water partition coefficient (Wildman–Crippen LogP) is 0.923. The van der Waals surface area contributed by atoms with Crippen molar-refractivity contribution in [2.45, 2.75) is 25.4 Å². The van der Waals surface area contributed by atoms with Gasteiger partial charge in [0, 0.05) is 50.5 Å². The zero-order chi connectivity index (χ0) is 14.5. The van der Waals surface area contributed by atoms with Gasteiger partial charge in [-0.2, -0.15) is 0 Å². The van der Waals surface area contributed by atoms with Crippen LogP contribution in [0.5, 0.6) is 0 Å². The van der Waals surface area contributed by atoms with Gasteiger partial charge in [0.2, 0.25) is 0 Å². The molecule has 1 aliphatic rings. The Balaban J connectivity index is 1.61. The number of aromatic nitrogens is 3. The molecule has 0 aromatic carbocycles. The van der Waals surface area contributed by atoms with E-state index in [1.165, 1.54) is 5.56 Å². The van der Waals surface area contributed by atoms with E-state index >= 15 is 0 Å². The Bertz CT molecular complexity index is 627. The molecule has 6 nitrogen and oxygen atoms in total. The number of pyridine rings is 1. The van der Waals surface area contributed by atoms with E-state index in [0.717, 1.165) is 32.5 Å². The first-order valence-corrected chi connectivity index (χ1v) is 7.24. The molecule has 0 saturated carbocycles. The van der Waals surface area contributed by atoms with Crippen molar-refractivity contribution in [1.29, 1.82) is 0 Å². The topological polar surface area (TPSA) is 73.9 Å². The van der Waals surface area contributed by atoms with E-state index in [-0.39, 0.29) is 5.56 Å². The van der Waals surface area contributed by atoms with Gasteiger partial charge in [0.25, 0.3) is 5.56 Å². The van der Waals surface area contributed by atoms with E-state index in [2.05, 4.69) is 31.2 Å². The van der Waals surface area contributed by atoms with Gasteiger partial charge in [-0.25, -0.2) is 4.98 Å². The molecule has 2 aromatic heterocycles. The second-order valence-electron chi connectivity index (χ2n) is 5.27. The lowest BCUT2D eigenvalue weighted by atomic mass is 10.1. The van der Waals surface area contributed by atoms with Crippen LogP contribution in [0.1, 0.15) is 18.4 Å². The van der Waals surface area contributed by atoms with Crippen LogP contribution in [0.15, 0.2) is 41.7 Å². The van der Waals surface area contributed by atoms with Crippen LogP contribution >= 0.6 is 0 Å². The van der Waals surface area contributed by atoms with Crippen molar-refractivity contribution in [1.82, 2.24) is 20.3 Å². The number of hydrogen-bond donors (Lipinski definition) is 2. The van der Waals surface area contributed by atoms with Crippen molar-refractivity contribution in [3.8, 4) is 0 Å². The van der Waals surface area contributed by atoms with E-state index < -0.39 is 0 Å². The minimum atomic E-state index is -0.120. The second-order valence-corrected chi connectivity index (χ2v) is 5.27. The van der Waals surface area contributed by atoms with E-state index in [4.69, 9.17) is 0 Å². The van der Waals surface area contributed by atoms with Crippen molar-refractivity contribution in [2.75, 3.05) is 18.0 Å². The molecule has 110 valence electrons. The van der Waals surface area contributed by atoms with E-state index in [0.29, 0.717) is 11.9 Å². The first kappa shape index (κ1) is 13.8. The van der Waals surface area contributed by atoms with Crippen molar-refractivity contribution >= 4 is 5.82 Å². The summed E-state index contributed by atoms with van der Waals surface area (Å²) in [6.07, 6.45) is 9.01. The first-order valence-electron chi connectivity index (χ1n) is 7.24. The molecule has 1 atom stereocenters. The lowest BCUT2D eigenvalue weighted by molar-refractivity contribution is 0.419. The van der Waals surface area contributed by atoms with Gasteiger partial charge in [-0.15, -0.1) is 0 Å². The number of piperidine rings is 1. The molecule has 1 aliphatic heterocycles. The molecule has 21 heavy (non-hydrogen) atoms. The van der Waals surface area contributed by atoms with Gasteiger partial charge in [-0.3, -0.25) is 9.78 Å². The van der Waals surface area contributed by atoms with Crippen LogP contribution in [-0.4, -0.2) is 34.1 Å². The highest BCUT2D eigenvalue weighted by Crippen LogP contribution is 2.14. The zero-order valence-corrected chi connectivity index (χ0v) is 11.8. The molecule has 0 aliphatic carbocycles. The molecule has 0 spiro atoms. The van der Waals surface area contributed by atoms with Crippen LogP contribution in [0, 0.1) is 0 Å². The normalized spacial score (nSPS) is 18.7. The predicted molar refractivity (Wildman–Crippen MR) is 81.2 cm³/mol. The summed E-state index contributed by atoms with van der Waals surface area (Å²) < 4.78 is 0. The van der Waals surface area contributed by atoms with Crippen LogP contribution in [-0.2, 0) is 6.54 Å². The molecule has 1 saturated heterocycles. The van der Waals surface area contributed by atoms with Crippen LogP contribution in [0.3, 0.4) is 0 Å². The molecule has 0 amide bonds. The standard InChI is InChI=1S/C15H19N5O/c21-15-14(17-6-7-18-15)20-8-2-4-13(11-20)19-10-12-3-1-5-16-9-12/h1,3,5-7,9,13,19H,2,4,8,10-11H2,(H,18,21)/t13-/m0/s1. The quantitative estimate of drug-likeness (QED) is 0.874. The molecular formula is C15H19N5O. The Hall–Kier alpha value is -2.21. The zero-order valence-electron chi connectivity index (χ0n) is 11.8. The molecule has 0 bridgehead atoms. The van der Waals surface area contributed by atoms with Crippen LogP contribution < -0.4 is 15.8 Å².